The summed E-state index contributed by atoms with van der Waals surface area (Å²) in [5.41, 5.74) is 0. The van der Waals surface area contributed by atoms with Gasteiger partial charge in [0.15, 0.2) is 0 Å². The van der Waals surface area contributed by atoms with Gasteiger partial charge in [-0.05, 0) is 31.7 Å². The van der Waals surface area contributed by atoms with E-state index in [9.17, 15) is 4.79 Å². The number of nitrogens with one attached hydrogen (secondary N) is 1. The molecule has 0 fully saturated rings. The average Bonchev–Trinajstić information content (AvgIpc) is 3.16. The Labute approximate surface area is 134 Å². The molecule has 0 saturated heterocycles. The van der Waals surface area contributed by atoms with Crippen LogP contribution in [0, 0.1) is 6.92 Å². The lowest BCUT2D eigenvalue weighted by Gasteiger charge is -2.31. The topological polar surface area (TPSA) is 63.1 Å². The number of rotatable bonds is 5. The second-order valence-corrected chi connectivity index (χ2v) is 6.61. The normalized spacial score (nSPS) is 16.3. The molecule has 0 spiro atoms. The molecule has 2 aromatic heterocycles. The van der Waals surface area contributed by atoms with Crippen LogP contribution in [0.2, 0.25) is 0 Å². The summed E-state index contributed by atoms with van der Waals surface area (Å²) >= 11 is 1.73. The summed E-state index contributed by atoms with van der Waals surface area (Å²) < 4.78 is 2.12. The third-order valence-corrected chi connectivity index (χ3v) is 5.08. The van der Waals surface area contributed by atoms with Crippen LogP contribution in [0.3, 0.4) is 0 Å². The molecule has 1 aliphatic rings. The molecule has 3 heterocycles. The van der Waals surface area contributed by atoms with Crippen LogP contribution in [0.5, 0.6) is 0 Å². The van der Waals surface area contributed by atoms with Gasteiger partial charge in [0.05, 0.1) is 12.6 Å². The summed E-state index contributed by atoms with van der Waals surface area (Å²) in [5, 5.41) is 13.4. The van der Waals surface area contributed by atoms with Gasteiger partial charge in [-0.15, -0.1) is 21.5 Å². The summed E-state index contributed by atoms with van der Waals surface area (Å²) in [4.78, 5) is 15.8. The van der Waals surface area contributed by atoms with Crippen molar-refractivity contribution in [2.45, 2.75) is 39.4 Å². The Bertz CT molecular complexity index is 636. The molecule has 0 saturated carbocycles. The number of carbonyl (C=O) groups is 1. The number of carbonyl (C=O) groups excluding carboxylic acids is 1. The average molecular weight is 319 g/mol. The van der Waals surface area contributed by atoms with Crippen LogP contribution in [0.25, 0.3) is 0 Å². The first kappa shape index (κ1) is 15.2. The highest BCUT2D eigenvalue weighted by atomic mass is 32.1. The molecule has 118 valence electrons. The molecule has 1 N–H and O–H groups in total. The molecule has 1 atom stereocenters. The first-order valence-electron chi connectivity index (χ1n) is 7.58. The maximum atomic E-state index is 12.3. The van der Waals surface area contributed by atoms with Gasteiger partial charge in [-0.3, -0.25) is 9.69 Å². The Morgan fingerprint density at radius 1 is 1.45 bits per heavy atom. The van der Waals surface area contributed by atoms with Gasteiger partial charge in [0.1, 0.15) is 11.6 Å². The smallest absolute Gasteiger partial charge is 0.237 e. The second kappa shape index (κ2) is 6.58. The maximum absolute atomic E-state index is 12.3. The van der Waals surface area contributed by atoms with Crippen molar-refractivity contribution in [3.8, 4) is 0 Å². The fourth-order valence-corrected chi connectivity index (χ4v) is 3.44. The largest absolute Gasteiger partial charge is 0.354 e. The number of nitrogens with zero attached hydrogens (tertiary/aromatic N) is 4. The molecule has 2 aromatic rings. The summed E-state index contributed by atoms with van der Waals surface area (Å²) in [6.07, 6.45) is 0.893. The molecule has 7 heteroatoms. The van der Waals surface area contributed by atoms with E-state index in [1.807, 2.05) is 19.9 Å². The number of thiophene rings is 1. The van der Waals surface area contributed by atoms with Crippen molar-refractivity contribution < 1.29 is 4.79 Å². The van der Waals surface area contributed by atoms with E-state index in [4.69, 9.17) is 0 Å². The number of aryl methyl sites for hydroxylation is 1. The lowest BCUT2D eigenvalue weighted by Crippen LogP contribution is -2.48. The van der Waals surface area contributed by atoms with Gasteiger partial charge >= 0.3 is 0 Å². The number of aromatic nitrogens is 3. The van der Waals surface area contributed by atoms with Crippen LogP contribution in [0.15, 0.2) is 17.5 Å². The van der Waals surface area contributed by atoms with Gasteiger partial charge < -0.3 is 9.88 Å². The molecule has 0 aromatic carbocycles. The standard InChI is InChI=1S/C15H21N5OS/c1-11(15(21)16-6-5-13-4-3-9-22-13)19-7-8-20-12(2)17-18-14(20)10-19/h3-4,9,11H,5-8,10H2,1-2H3,(H,16,21)/t11-/m1/s1. The van der Waals surface area contributed by atoms with Crippen LogP contribution < -0.4 is 5.32 Å². The molecule has 1 amide bonds. The highest BCUT2D eigenvalue weighted by Gasteiger charge is 2.26. The van der Waals surface area contributed by atoms with E-state index in [1.54, 1.807) is 11.3 Å². The number of fused-ring (bicyclic) bond motifs is 1. The van der Waals surface area contributed by atoms with Crippen molar-refractivity contribution in [3.05, 3.63) is 34.0 Å². The zero-order valence-corrected chi connectivity index (χ0v) is 13.8. The van der Waals surface area contributed by atoms with Crippen molar-refractivity contribution in [1.82, 2.24) is 25.0 Å². The molecular weight excluding hydrogens is 298 g/mol. The quantitative estimate of drug-likeness (QED) is 0.900. The predicted octanol–water partition coefficient (Wildman–Crippen LogP) is 1.21. The van der Waals surface area contributed by atoms with E-state index in [-0.39, 0.29) is 11.9 Å². The van der Waals surface area contributed by atoms with Crippen molar-refractivity contribution >= 4 is 17.2 Å². The highest BCUT2D eigenvalue weighted by molar-refractivity contribution is 7.09. The highest BCUT2D eigenvalue weighted by Crippen LogP contribution is 2.14. The second-order valence-electron chi connectivity index (χ2n) is 5.58. The molecule has 6 nitrogen and oxygen atoms in total. The molecule has 0 bridgehead atoms. The monoisotopic (exact) mass is 319 g/mol. The first-order chi connectivity index (χ1) is 10.6. The Morgan fingerprint density at radius 3 is 3.09 bits per heavy atom. The van der Waals surface area contributed by atoms with E-state index in [0.29, 0.717) is 13.1 Å². The minimum atomic E-state index is -0.144. The first-order valence-corrected chi connectivity index (χ1v) is 8.46. The van der Waals surface area contributed by atoms with Gasteiger partial charge in [0.2, 0.25) is 5.91 Å². The summed E-state index contributed by atoms with van der Waals surface area (Å²) in [5.74, 6) is 1.98. The lowest BCUT2D eigenvalue weighted by molar-refractivity contribution is -0.126. The minimum Gasteiger partial charge on any atom is -0.354 e. The Morgan fingerprint density at radius 2 is 2.32 bits per heavy atom. The zero-order chi connectivity index (χ0) is 15.5. The van der Waals surface area contributed by atoms with E-state index in [2.05, 4.69) is 36.4 Å². The Hall–Kier alpha value is -1.73. The van der Waals surface area contributed by atoms with Gasteiger partial charge in [-0.25, -0.2) is 0 Å². The molecule has 22 heavy (non-hydrogen) atoms. The van der Waals surface area contributed by atoms with E-state index < -0.39 is 0 Å². The van der Waals surface area contributed by atoms with Crippen LogP contribution in [0.1, 0.15) is 23.4 Å². The van der Waals surface area contributed by atoms with Crippen molar-refractivity contribution in [1.29, 1.82) is 0 Å². The van der Waals surface area contributed by atoms with Crippen LogP contribution >= 0.6 is 11.3 Å². The zero-order valence-electron chi connectivity index (χ0n) is 13.0. The molecular formula is C15H21N5OS. The molecule has 1 aliphatic heterocycles. The Balaban J connectivity index is 1.51. The summed E-state index contributed by atoms with van der Waals surface area (Å²) in [7, 11) is 0. The summed E-state index contributed by atoms with van der Waals surface area (Å²) in [6.45, 7) is 6.99. The van der Waals surface area contributed by atoms with Crippen molar-refractivity contribution in [3.63, 3.8) is 0 Å². The fraction of sp³-hybridized carbons (Fsp3) is 0.533. The van der Waals surface area contributed by atoms with E-state index >= 15 is 0 Å². The number of amides is 1. The number of hydrogen-bond acceptors (Lipinski definition) is 5. The van der Waals surface area contributed by atoms with E-state index in [1.165, 1.54) is 4.88 Å². The van der Waals surface area contributed by atoms with Crippen molar-refractivity contribution in [2.75, 3.05) is 13.1 Å². The van der Waals surface area contributed by atoms with Crippen LogP contribution in [-0.2, 0) is 24.3 Å². The summed E-state index contributed by atoms with van der Waals surface area (Å²) in [6, 6.07) is 3.99. The van der Waals surface area contributed by atoms with E-state index in [0.717, 1.165) is 31.2 Å². The van der Waals surface area contributed by atoms with Gasteiger partial charge in [0, 0.05) is 24.5 Å². The third kappa shape index (κ3) is 3.20. The third-order valence-electron chi connectivity index (χ3n) is 4.15. The molecule has 0 unspecified atom stereocenters. The van der Waals surface area contributed by atoms with Gasteiger partial charge in [-0.1, -0.05) is 6.07 Å². The van der Waals surface area contributed by atoms with Crippen molar-refractivity contribution in [2.24, 2.45) is 0 Å². The SMILES string of the molecule is Cc1nnc2n1CCN([C@H](C)C(=O)NCCc1cccs1)C2. The molecule has 0 radical (unpaired) electrons. The van der Waals surface area contributed by atoms with Gasteiger partial charge in [0.25, 0.3) is 0 Å². The minimum absolute atomic E-state index is 0.0845. The van der Waals surface area contributed by atoms with Crippen LogP contribution in [0.4, 0.5) is 0 Å². The molecule has 3 rings (SSSR count). The Kier molecular flexibility index (Phi) is 4.54. The predicted molar refractivity (Wildman–Crippen MR) is 85.7 cm³/mol. The fourth-order valence-electron chi connectivity index (χ4n) is 2.73. The number of hydrogen-bond donors (Lipinski definition) is 1. The van der Waals surface area contributed by atoms with Crippen LogP contribution in [-0.4, -0.2) is 44.7 Å². The lowest BCUT2D eigenvalue weighted by atomic mass is 10.2. The molecule has 0 aliphatic carbocycles. The van der Waals surface area contributed by atoms with Gasteiger partial charge in [-0.2, -0.15) is 0 Å². The maximum Gasteiger partial charge on any atom is 0.237 e.